The Bertz CT molecular complexity index is 493. The summed E-state index contributed by atoms with van der Waals surface area (Å²) in [7, 11) is 0. The summed E-state index contributed by atoms with van der Waals surface area (Å²) >= 11 is 0. The van der Waals surface area contributed by atoms with Crippen LogP contribution in [-0.4, -0.2) is 23.2 Å². The molecule has 1 amide bonds. The van der Waals surface area contributed by atoms with Crippen LogP contribution < -0.4 is 5.73 Å². The minimum atomic E-state index is -0.0611. The van der Waals surface area contributed by atoms with E-state index in [-0.39, 0.29) is 11.8 Å². The Kier molecular flexibility index (Phi) is 4.90. The molecule has 0 saturated heterocycles. The van der Waals surface area contributed by atoms with Crippen molar-refractivity contribution in [3.63, 3.8) is 0 Å². The van der Waals surface area contributed by atoms with Gasteiger partial charge in [0.1, 0.15) is 0 Å². The van der Waals surface area contributed by atoms with Crippen LogP contribution in [-0.2, 0) is 11.3 Å². The van der Waals surface area contributed by atoms with E-state index in [2.05, 4.69) is 43.2 Å². The molecule has 0 radical (unpaired) electrons. The number of amides is 1. The Morgan fingerprint density at radius 1 is 1.30 bits per heavy atom. The lowest BCUT2D eigenvalue weighted by molar-refractivity contribution is -0.132. The molecule has 20 heavy (non-hydrogen) atoms. The number of carbonyl (C=O) groups is 1. The van der Waals surface area contributed by atoms with Gasteiger partial charge in [-0.25, -0.2) is 5.01 Å². The molecule has 1 aromatic carbocycles. The molecule has 0 spiro atoms. The lowest BCUT2D eigenvalue weighted by Crippen LogP contribution is -2.27. The van der Waals surface area contributed by atoms with Gasteiger partial charge in [0.25, 0.3) is 5.91 Å². The quantitative estimate of drug-likeness (QED) is 0.865. The topological polar surface area (TPSA) is 58.7 Å². The van der Waals surface area contributed by atoms with Crippen molar-refractivity contribution in [3.05, 3.63) is 35.4 Å². The predicted molar refractivity (Wildman–Crippen MR) is 81.2 cm³/mol. The molecule has 1 unspecified atom stereocenters. The molecule has 2 N–H and O–H groups in total. The molecule has 0 aromatic heterocycles. The summed E-state index contributed by atoms with van der Waals surface area (Å²) in [6, 6.07) is 8.23. The van der Waals surface area contributed by atoms with Crippen LogP contribution in [0.2, 0.25) is 0 Å². The van der Waals surface area contributed by atoms with Gasteiger partial charge in [0.05, 0.1) is 18.2 Å². The van der Waals surface area contributed by atoms with Gasteiger partial charge in [-0.3, -0.25) is 4.79 Å². The van der Waals surface area contributed by atoms with Gasteiger partial charge in [-0.1, -0.05) is 36.8 Å². The summed E-state index contributed by atoms with van der Waals surface area (Å²) in [5.74, 6) is 0.0601. The average molecular weight is 273 g/mol. The molecule has 0 saturated carbocycles. The highest BCUT2D eigenvalue weighted by Gasteiger charge is 2.33. The van der Waals surface area contributed by atoms with Crippen LogP contribution in [0.15, 0.2) is 29.4 Å². The van der Waals surface area contributed by atoms with E-state index in [9.17, 15) is 4.79 Å². The predicted octanol–water partition coefficient (Wildman–Crippen LogP) is 2.46. The van der Waals surface area contributed by atoms with Crippen LogP contribution in [0.1, 0.15) is 37.3 Å². The fraction of sp³-hybridized carbons (Fsp3) is 0.500. The number of benzene rings is 1. The van der Waals surface area contributed by atoms with Crippen molar-refractivity contribution in [1.82, 2.24) is 5.01 Å². The zero-order valence-electron chi connectivity index (χ0n) is 12.3. The summed E-state index contributed by atoms with van der Waals surface area (Å²) < 4.78 is 0. The number of hydrogen-bond acceptors (Lipinski definition) is 3. The summed E-state index contributed by atoms with van der Waals surface area (Å²) in [6.45, 7) is 5.29. The molecule has 108 valence electrons. The van der Waals surface area contributed by atoms with E-state index in [1.165, 1.54) is 5.56 Å². The number of nitrogens with two attached hydrogens (primary N) is 1. The van der Waals surface area contributed by atoms with Crippen LogP contribution in [0, 0.1) is 12.8 Å². The number of nitrogens with zero attached hydrogens (tertiary/aromatic N) is 2. The van der Waals surface area contributed by atoms with Gasteiger partial charge in [-0.05, 0) is 38.3 Å². The lowest BCUT2D eigenvalue weighted by atomic mass is 9.96. The van der Waals surface area contributed by atoms with Gasteiger partial charge in [0, 0.05) is 0 Å². The highest BCUT2D eigenvalue weighted by molar-refractivity contribution is 6.07. The maximum atomic E-state index is 12.4. The minimum absolute atomic E-state index is 0.0611. The van der Waals surface area contributed by atoms with Crippen LogP contribution >= 0.6 is 0 Å². The highest BCUT2D eigenvalue weighted by atomic mass is 16.2. The minimum Gasteiger partial charge on any atom is -0.330 e. The van der Waals surface area contributed by atoms with Crippen molar-refractivity contribution in [1.29, 1.82) is 0 Å². The summed E-state index contributed by atoms with van der Waals surface area (Å²) in [5.41, 5.74) is 8.88. The standard InChI is InChI=1S/C16H23N3O/c1-3-15-14(5-4-10-17)16(20)19(18-15)11-13-8-6-12(2)7-9-13/h6-9,14H,3-5,10-11,17H2,1-2H3. The molecule has 1 heterocycles. The van der Waals surface area contributed by atoms with Gasteiger partial charge in [-0.15, -0.1) is 0 Å². The summed E-state index contributed by atoms with van der Waals surface area (Å²) in [5, 5.41) is 6.11. The molecule has 4 heteroatoms. The van der Waals surface area contributed by atoms with Crippen LogP contribution in [0.4, 0.5) is 0 Å². The zero-order chi connectivity index (χ0) is 14.5. The second-order valence-electron chi connectivity index (χ2n) is 5.31. The van der Waals surface area contributed by atoms with Crippen LogP contribution in [0.5, 0.6) is 0 Å². The molecule has 1 atom stereocenters. The largest absolute Gasteiger partial charge is 0.330 e. The summed E-state index contributed by atoms with van der Waals surface area (Å²) in [6.07, 6.45) is 2.51. The Labute approximate surface area is 120 Å². The Balaban J connectivity index is 2.07. The third-order valence-electron chi connectivity index (χ3n) is 3.72. The number of hydrazone groups is 1. The zero-order valence-corrected chi connectivity index (χ0v) is 12.3. The van der Waals surface area contributed by atoms with Crippen molar-refractivity contribution >= 4 is 11.6 Å². The molecule has 0 fully saturated rings. The van der Waals surface area contributed by atoms with Crippen molar-refractivity contribution in [2.45, 2.75) is 39.7 Å². The van der Waals surface area contributed by atoms with E-state index in [4.69, 9.17) is 5.73 Å². The van der Waals surface area contributed by atoms with Crippen LogP contribution in [0.3, 0.4) is 0 Å². The van der Waals surface area contributed by atoms with Crippen molar-refractivity contribution in [2.24, 2.45) is 16.8 Å². The first-order chi connectivity index (χ1) is 9.65. The number of rotatable bonds is 6. The second-order valence-corrected chi connectivity index (χ2v) is 5.31. The van der Waals surface area contributed by atoms with Gasteiger partial charge < -0.3 is 5.73 Å². The van der Waals surface area contributed by atoms with Gasteiger partial charge >= 0.3 is 0 Å². The lowest BCUT2D eigenvalue weighted by Gasteiger charge is -2.14. The monoisotopic (exact) mass is 273 g/mol. The molecular weight excluding hydrogens is 250 g/mol. The first kappa shape index (κ1) is 14.7. The van der Waals surface area contributed by atoms with E-state index in [0.717, 1.165) is 30.5 Å². The van der Waals surface area contributed by atoms with E-state index in [1.54, 1.807) is 5.01 Å². The molecule has 0 bridgehead atoms. The second kappa shape index (κ2) is 6.66. The van der Waals surface area contributed by atoms with Crippen molar-refractivity contribution in [3.8, 4) is 0 Å². The third-order valence-corrected chi connectivity index (χ3v) is 3.72. The molecule has 4 nitrogen and oxygen atoms in total. The molecule has 0 aliphatic carbocycles. The fourth-order valence-corrected chi connectivity index (χ4v) is 2.51. The van der Waals surface area contributed by atoms with E-state index >= 15 is 0 Å². The van der Waals surface area contributed by atoms with Crippen molar-refractivity contribution < 1.29 is 4.79 Å². The van der Waals surface area contributed by atoms with Gasteiger partial charge in [0.15, 0.2) is 0 Å². The SMILES string of the molecule is CCC1=NN(Cc2ccc(C)cc2)C(=O)C1CCCN. The molecule has 2 rings (SSSR count). The number of carbonyl (C=O) groups excluding carboxylic acids is 1. The van der Waals surface area contributed by atoms with Gasteiger partial charge in [0.2, 0.25) is 0 Å². The molecule has 1 aliphatic heterocycles. The maximum absolute atomic E-state index is 12.4. The Hall–Kier alpha value is -1.68. The summed E-state index contributed by atoms with van der Waals surface area (Å²) in [4.78, 5) is 12.4. The Morgan fingerprint density at radius 3 is 2.60 bits per heavy atom. The van der Waals surface area contributed by atoms with Gasteiger partial charge in [-0.2, -0.15) is 5.10 Å². The fourth-order valence-electron chi connectivity index (χ4n) is 2.51. The molecule has 1 aliphatic rings. The number of aryl methyl sites for hydroxylation is 1. The molecule has 1 aromatic rings. The van der Waals surface area contributed by atoms with E-state index in [1.807, 2.05) is 0 Å². The smallest absolute Gasteiger partial charge is 0.251 e. The van der Waals surface area contributed by atoms with Crippen LogP contribution in [0.25, 0.3) is 0 Å². The van der Waals surface area contributed by atoms with Crippen molar-refractivity contribution in [2.75, 3.05) is 6.54 Å². The number of hydrogen-bond donors (Lipinski definition) is 1. The first-order valence-electron chi connectivity index (χ1n) is 7.30. The Morgan fingerprint density at radius 2 is 2.00 bits per heavy atom. The maximum Gasteiger partial charge on any atom is 0.251 e. The van der Waals surface area contributed by atoms with E-state index in [0.29, 0.717) is 13.1 Å². The highest BCUT2D eigenvalue weighted by Crippen LogP contribution is 2.24. The first-order valence-corrected chi connectivity index (χ1v) is 7.30. The normalized spacial score (nSPS) is 18.6. The van der Waals surface area contributed by atoms with E-state index < -0.39 is 0 Å². The molecular formula is C16H23N3O. The third kappa shape index (κ3) is 3.25. The average Bonchev–Trinajstić information content (AvgIpc) is 2.75.